The number of pyridine rings is 1. The molecule has 3 aromatic rings. The van der Waals surface area contributed by atoms with E-state index in [1.54, 1.807) is 10.9 Å². The van der Waals surface area contributed by atoms with Crippen LogP contribution in [0.5, 0.6) is 0 Å². The molecule has 3 fully saturated rings. The Bertz CT molecular complexity index is 1060. The molecule has 0 radical (unpaired) electrons. The van der Waals surface area contributed by atoms with Gasteiger partial charge in [-0.2, -0.15) is 5.10 Å². The van der Waals surface area contributed by atoms with E-state index in [2.05, 4.69) is 15.4 Å². The normalized spacial score (nSPS) is 23.6. The number of halogens is 1. The van der Waals surface area contributed by atoms with Crippen molar-refractivity contribution in [3.63, 3.8) is 0 Å². The first-order valence-electron chi connectivity index (χ1n) is 8.83. The maximum Gasteiger partial charge on any atom is 0.262 e. The van der Waals surface area contributed by atoms with Crippen molar-refractivity contribution in [2.45, 2.75) is 32.7 Å². The molecule has 0 aliphatic heterocycles. The Hall–Kier alpha value is -1.92. The highest BCUT2D eigenvalue weighted by atomic mass is 35.5. The topological polar surface area (TPSA) is 59.8 Å². The lowest BCUT2D eigenvalue weighted by Gasteiger charge is -2.58. The van der Waals surface area contributed by atoms with E-state index in [0.717, 1.165) is 32.6 Å². The molecule has 0 atom stereocenters. The summed E-state index contributed by atoms with van der Waals surface area (Å²) in [6, 6.07) is 0.355. The van der Waals surface area contributed by atoms with E-state index in [-0.39, 0.29) is 5.91 Å². The molecule has 0 unspecified atom stereocenters. The van der Waals surface area contributed by atoms with Gasteiger partial charge in [-0.05, 0) is 44.1 Å². The zero-order chi connectivity index (χ0) is 18.2. The molecule has 5 nitrogen and oxygen atoms in total. The summed E-state index contributed by atoms with van der Waals surface area (Å²) < 4.78 is 1.75. The van der Waals surface area contributed by atoms with Gasteiger partial charge in [0.05, 0.1) is 16.9 Å². The largest absolute Gasteiger partial charge is 0.348 e. The van der Waals surface area contributed by atoms with Crippen LogP contribution in [0.2, 0.25) is 5.02 Å². The van der Waals surface area contributed by atoms with Crippen LogP contribution in [0, 0.1) is 25.7 Å². The predicted molar refractivity (Wildman–Crippen MR) is 104 cm³/mol. The number of hydrogen-bond donors (Lipinski definition) is 1. The number of aryl methyl sites for hydroxylation is 3. The minimum atomic E-state index is -0.000529. The van der Waals surface area contributed by atoms with Crippen LogP contribution in [0.4, 0.5) is 0 Å². The molecule has 3 aliphatic rings. The molecule has 0 spiro atoms. The fourth-order valence-electron chi connectivity index (χ4n) is 4.15. The first-order chi connectivity index (χ1) is 12.4. The van der Waals surface area contributed by atoms with E-state index >= 15 is 0 Å². The summed E-state index contributed by atoms with van der Waals surface area (Å²) in [5, 5.41) is 9.16. The summed E-state index contributed by atoms with van der Waals surface area (Å²) in [5.41, 5.74) is 3.58. The maximum absolute atomic E-state index is 13.1. The number of nitrogens with zero attached hydrogens (tertiary/aromatic N) is 3. The Labute approximate surface area is 160 Å². The van der Waals surface area contributed by atoms with Gasteiger partial charge < -0.3 is 5.32 Å². The molecule has 6 rings (SSSR count). The first kappa shape index (κ1) is 16.3. The van der Waals surface area contributed by atoms with Crippen molar-refractivity contribution < 1.29 is 4.79 Å². The van der Waals surface area contributed by atoms with Gasteiger partial charge in [-0.25, -0.2) is 4.98 Å². The van der Waals surface area contributed by atoms with E-state index in [9.17, 15) is 4.79 Å². The smallest absolute Gasteiger partial charge is 0.262 e. The Morgan fingerprint density at radius 2 is 2.08 bits per heavy atom. The Kier molecular flexibility index (Phi) is 3.46. The summed E-state index contributed by atoms with van der Waals surface area (Å²) >= 11 is 7.92. The van der Waals surface area contributed by atoms with Crippen LogP contribution in [0.3, 0.4) is 0 Å². The third-order valence-electron chi connectivity index (χ3n) is 5.91. The van der Waals surface area contributed by atoms with Gasteiger partial charge >= 0.3 is 0 Å². The van der Waals surface area contributed by atoms with E-state index in [1.165, 1.54) is 24.2 Å². The molecular formula is C19H19ClN4OS. The van der Waals surface area contributed by atoms with Gasteiger partial charge in [0.1, 0.15) is 9.71 Å². The van der Waals surface area contributed by atoms with Crippen LogP contribution in [0.25, 0.3) is 21.3 Å². The molecule has 2 bridgehead atoms. The van der Waals surface area contributed by atoms with Gasteiger partial charge in [-0.15, -0.1) is 11.3 Å². The molecule has 1 amide bonds. The second-order valence-electron chi connectivity index (χ2n) is 7.52. The van der Waals surface area contributed by atoms with Gasteiger partial charge in [0, 0.05) is 35.8 Å². The van der Waals surface area contributed by atoms with Crippen molar-refractivity contribution in [1.29, 1.82) is 0 Å². The Morgan fingerprint density at radius 3 is 2.65 bits per heavy atom. The lowest BCUT2D eigenvalue weighted by atomic mass is 9.52. The highest BCUT2D eigenvalue weighted by Gasteiger charge is 2.53. The number of nitrogens with one attached hydrogen (secondary N) is 1. The average Bonchev–Trinajstić information content (AvgIpc) is 3.11. The van der Waals surface area contributed by atoms with Crippen LogP contribution in [-0.4, -0.2) is 26.7 Å². The number of rotatable bonds is 3. The summed E-state index contributed by atoms with van der Waals surface area (Å²) in [7, 11) is 1.88. The van der Waals surface area contributed by atoms with Gasteiger partial charge in [-0.1, -0.05) is 11.6 Å². The molecule has 134 valence electrons. The molecular weight excluding hydrogens is 368 g/mol. The third kappa shape index (κ3) is 2.18. The second kappa shape index (κ2) is 5.54. The van der Waals surface area contributed by atoms with E-state index < -0.39 is 0 Å². The molecule has 3 heterocycles. The van der Waals surface area contributed by atoms with Crippen molar-refractivity contribution in [3.8, 4) is 11.1 Å². The van der Waals surface area contributed by atoms with E-state index in [0.29, 0.717) is 27.8 Å². The lowest BCUT2D eigenvalue weighted by molar-refractivity contribution is -0.0365. The van der Waals surface area contributed by atoms with Gasteiger partial charge in [0.2, 0.25) is 0 Å². The molecule has 26 heavy (non-hydrogen) atoms. The summed E-state index contributed by atoms with van der Waals surface area (Å²) in [4.78, 5) is 19.3. The minimum absolute atomic E-state index is 0.000529. The second-order valence-corrected chi connectivity index (χ2v) is 8.89. The SMILES string of the molecule is Cc1nc2sc(C(=O)NC3[C@H]4C[C@H]3C4)c(-c3cnn(C)c3)c2c(C)c1Cl. The van der Waals surface area contributed by atoms with Crippen molar-refractivity contribution in [2.75, 3.05) is 0 Å². The summed E-state index contributed by atoms with van der Waals surface area (Å²) in [6.07, 6.45) is 6.27. The van der Waals surface area contributed by atoms with Crippen molar-refractivity contribution >= 4 is 39.1 Å². The maximum atomic E-state index is 13.1. The number of amides is 1. The number of carbonyl (C=O) groups excluding carboxylic acids is 1. The highest BCUT2D eigenvalue weighted by molar-refractivity contribution is 7.21. The minimum Gasteiger partial charge on any atom is -0.348 e. The molecule has 3 aromatic heterocycles. The standard InChI is InChI=1S/C19H19ClN4OS/c1-8-13-14(12-6-21-24(3)7-12)17(26-19(13)22-9(2)15(8)20)18(25)23-16-10-4-11(16)5-10/h6-7,10-11,16H,4-5H2,1-3H3,(H,23,25)/t10-,11-. The van der Waals surface area contributed by atoms with Crippen molar-refractivity contribution in [1.82, 2.24) is 20.1 Å². The van der Waals surface area contributed by atoms with Crippen LogP contribution in [-0.2, 0) is 7.05 Å². The average molecular weight is 387 g/mol. The first-order valence-corrected chi connectivity index (χ1v) is 10.0. The highest BCUT2D eigenvalue weighted by Crippen LogP contribution is 2.53. The quantitative estimate of drug-likeness (QED) is 0.737. The predicted octanol–water partition coefficient (Wildman–Crippen LogP) is 4.11. The zero-order valence-corrected chi connectivity index (χ0v) is 16.4. The molecule has 3 aliphatic carbocycles. The van der Waals surface area contributed by atoms with Gasteiger partial charge in [0.25, 0.3) is 5.91 Å². The summed E-state index contributed by atoms with van der Waals surface area (Å²) in [6.45, 7) is 3.90. The van der Waals surface area contributed by atoms with Crippen LogP contribution in [0.15, 0.2) is 12.4 Å². The van der Waals surface area contributed by atoms with E-state index in [1.807, 2.05) is 27.1 Å². The van der Waals surface area contributed by atoms with Crippen LogP contribution < -0.4 is 5.32 Å². The Morgan fingerprint density at radius 1 is 1.35 bits per heavy atom. The Balaban J connectivity index is 1.68. The van der Waals surface area contributed by atoms with Crippen LogP contribution >= 0.6 is 22.9 Å². The fraction of sp³-hybridized carbons (Fsp3) is 0.421. The number of hydrogen-bond acceptors (Lipinski definition) is 4. The molecule has 3 saturated carbocycles. The molecule has 0 saturated heterocycles. The third-order valence-corrected chi connectivity index (χ3v) is 7.54. The van der Waals surface area contributed by atoms with Crippen molar-refractivity contribution in [3.05, 3.63) is 33.6 Å². The van der Waals surface area contributed by atoms with Crippen LogP contribution in [0.1, 0.15) is 33.8 Å². The number of aromatic nitrogens is 3. The molecule has 0 aromatic carbocycles. The van der Waals surface area contributed by atoms with Crippen molar-refractivity contribution in [2.24, 2.45) is 18.9 Å². The number of fused-ring (bicyclic) bond motifs is 1. The molecule has 1 N–H and O–H groups in total. The lowest BCUT2D eigenvalue weighted by Crippen LogP contribution is -2.63. The summed E-state index contributed by atoms with van der Waals surface area (Å²) in [5.74, 6) is 1.35. The molecule has 7 heteroatoms. The number of carbonyl (C=O) groups is 1. The zero-order valence-electron chi connectivity index (χ0n) is 14.8. The fourth-order valence-corrected chi connectivity index (χ4v) is 5.50. The number of thiophene rings is 1. The van der Waals surface area contributed by atoms with Gasteiger partial charge in [-0.3, -0.25) is 9.48 Å². The van der Waals surface area contributed by atoms with Gasteiger partial charge in [0.15, 0.2) is 0 Å². The monoisotopic (exact) mass is 386 g/mol. The van der Waals surface area contributed by atoms with E-state index in [4.69, 9.17) is 11.6 Å².